The van der Waals surface area contributed by atoms with Gasteiger partial charge in [-0.1, -0.05) is 0 Å². The van der Waals surface area contributed by atoms with Gasteiger partial charge in [0.05, 0.1) is 17.0 Å². The normalized spacial score (nSPS) is 17.8. The van der Waals surface area contributed by atoms with Crippen molar-refractivity contribution in [2.24, 2.45) is 0 Å². The van der Waals surface area contributed by atoms with Crippen LogP contribution in [0.4, 0.5) is 13.2 Å². The van der Waals surface area contributed by atoms with Gasteiger partial charge in [-0.3, -0.25) is 4.79 Å². The van der Waals surface area contributed by atoms with E-state index in [1.807, 2.05) is 0 Å². The molecule has 1 aromatic carbocycles. The minimum absolute atomic E-state index is 0.133. The maximum absolute atomic E-state index is 12.9. The molecular formula is C19H21F3N4O2. The number of aromatic hydroxyl groups is 1. The van der Waals surface area contributed by atoms with Gasteiger partial charge in [0.1, 0.15) is 5.75 Å². The van der Waals surface area contributed by atoms with Crippen molar-refractivity contribution in [2.45, 2.75) is 38.5 Å². The summed E-state index contributed by atoms with van der Waals surface area (Å²) in [6, 6.07) is 5.18. The molecular weight excluding hydrogens is 373 g/mol. The lowest BCUT2D eigenvalue weighted by atomic mass is 10.0. The van der Waals surface area contributed by atoms with Gasteiger partial charge >= 0.3 is 6.18 Å². The maximum Gasteiger partial charge on any atom is 0.416 e. The number of aromatic nitrogens is 2. The zero-order valence-electron chi connectivity index (χ0n) is 15.5. The van der Waals surface area contributed by atoms with E-state index in [0.29, 0.717) is 37.0 Å². The molecule has 2 aromatic rings. The second kappa shape index (κ2) is 7.75. The molecule has 1 aromatic heterocycles. The van der Waals surface area contributed by atoms with Gasteiger partial charge in [0.15, 0.2) is 0 Å². The van der Waals surface area contributed by atoms with E-state index in [4.69, 9.17) is 0 Å². The Bertz CT molecular complexity index is 845. The molecule has 0 unspecified atom stereocenters. The first-order chi connectivity index (χ1) is 13.1. The van der Waals surface area contributed by atoms with Gasteiger partial charge in [0.2, 0.25) is 5.91 Å². The molecule has 6 nitrogen and oxygen atoms in total. The molecule has 1 fully saturated rings. The number of nitrogens with one attached hydrogen (secondary N) is 1. The smallest absolute Gasteiger partial charge is 0.416 e. The molecule has 1 atom stereocenters. The van der Waals surface area contributed by atoms with Crippen LogP contribution in [0.3, 0.4) is 0 Å². The molecule has 3 rings (SSSR count). The SMILES string of the molecule is Cc1cc(C(F)(F)F)cc(O)c1-c1ccc(CN[C@@H]2CCC(=O)N(C)C2)nn1. The van der Waals surface area contributed by atoms with Gasteiger partial charge in [0.25, 0.3) is 0 Å². The molecule has 0 bridgehead atoms. The molecule has 0 spiro atoms. The summed E-state index contributed by atoms with van der Waals surface area (Å²) in [6.45, 7) is 2.57. The van der Waals surface area contributed by atoms with Gasteiger partial charge in [-0.15, -0.1) is 0 Å². The van der Waals surface area contributed by atoms with Gasteiger partial charge in [-0.05, 0) is 43.2 Å². The summed E-state index contributed by atoms with van der Waals surface area (Å²) in [5, 5.41) is 21.5. The molecule has 1 aliphatic heterocycles. The summed E-state index contributed by atoms with van der Waals surface area (Å²) in [7, 11) is 1.77. The van der Waals surface area contributed by atoms with Crippen LogP contribution in [0.1, 0.15) is 29.7 Å². The Hall–Kier alpha value is -2.68. The van der Waals surface area contributed by atoms with Crippen molar-refractivity contribution in [3.8, 4) is 17.0 Å². The average molecular weight is 394 g/mol. The van der Waals surface area contributed by atoms with Gasteiger partial charge in [0, 0.05) is 38.2 Å². The number of benzene rings is 1. The predicted octanol–water partition coefficient (Wildman–Crippen LogP) is 2.89. The monoisotopic (exact) mass is 394 g/mol. The molecule has 28 heavy (non-hydrogen) atoms. The summed E-state index contributed by atoms with van der Waals surface area (Å²) in [5.74, 6) is -0.351. The highest BCUT2D eigenvalue weighted by atomic mass is 19.4. The van der Waals surface area contributed by atoms with Gasteiger partial charge in [-0.2, -0.15) is 23.4 Å². The Balaban J connectivity index is 1.70. The number of phenolic OH excluding ortho intramolecular Hbond substituents is 1. The molecule has 0 saturated carbocycles. The van der Waals surface area contributed by atoms with Crippen LogP contribution in [0, 0.1) is 6.92 Å². The first-order valence-corrected chi connectivity index (χ1v) is 8.86. The highest BCUT2D eigenvalue weighted by molar-refractivity contribution is 5.76. The van der Waals surface area contributed by atoms with Crippen LogP contribution in [-0.4, -0.2) is 45.7 Å². The van der Waals surface area contributed by atoms with E-state index in [-0.39, 0.29) is 23.1 Å². The number of likely N-dealkylation sites (tertiary alicyclic amines) is 1. The molecule has 1 saturated heterocycles. The number of aryl methyl sites for hydroxylation is 1. The molecule has 2 N–H and O–H groups in total. The fourth-order valence-corrected chi connectivity index (χ4v) is 3.28. The molecule has 150 valence electrons. The minimum Gasteiger partial charge on any atom is -0.507 e. The third kappa shape index (κ3) is 4.41. The summed E-state index contributed by atoms with van der Waals surface area (Å²) in [4.78, 5) is 13.2. The van der Waals surface area contributed by atoms with Crippen molar-refractivity contribution in [3.05, 3.63) is 41.1 Å². The number of likely N-dealkylation sites (N-methyl/N-ethyl adjacent to an activating group) is 1. The zero-order valence-corrected chi connectivity index (χ0v) is 15.5. The Kier molecular flexibility index (Phi) is 5.55. The fraction of sp³-hybridized carbons (Fsp3) is 0.421. The number of carbonyl (C=O) groups is 1. The zero-order chi connectivity index (χ0) is 20.5. The number of hydrogen-bond donors (Lipinski definition) is 2. The minimum atomic E-state index is -4.53. The van der Waals surface area contributed by atoms with Crippen molar-refractivity contribution in [1.29, 1.82) is 0 Å². The summed E-state index contributed by atoms with van der Waals surface area (Å²) < 4.78 is 38.6. The van der Waals surface area contributed by atoms with Crippen molar-refractivity contribution in [3.63, 3.8) is 0 Å². The average Bonchev–Trinajstić information content (AvgIpc) is 2.62. The van der Waals surface area contributed by atoms with Gasteiger partial charge < -0.3 is 15.3 Å². The van der Waals surface area contributed by atoms with Crippen LogP contribution < -0.4 is 5.32 Å². The largest absolute Gasteiger partial charge is 0.507 e. The van der Waals surface area contributed by atoms with Crippen molar-refractivity contribution >= 4 is 5.91 Å². The van der Waals surface area contributed by atoms with E-state index in [0.717, 1.165) is 12.5 Å². The van der Waals surface area contributed by atoms with Crippen molar-refractivity contribution < 1.29 is 23.1 Å². The number of amides is 1. The molecule has 1 aliphatic rings. The highest BCUT2D eigenvalue weighted by Gasteiger charge is 2.32. The standard InChI is InChI=1S/C19H21F3N4O2/c1-11-7-12(19(20,21)22)8-16(27)18(11)15-5-3-13(24-25-15)9-23-14-4-6-17(28)26(2)10-14/h3,5,7-8,14,23,27H,4,6,9-10H2,1-2H3/t14-/m1/s1. The van der Waals surface area contributed by atoms with E-state index in [1.165, 1.54) is 6.92 Å². The number of carbonyl (C=O) groups excluding carboxylic acids is 1. The number of rotatable bonds is 4. The number of phenols is 1. The highest BCUT2D eigenvalue weighted by Crippen LogP contribution is 2.38. The topological polar surface area (TPSA) is 78.4 Å². The number of nitrogens with zero attached hydrogens (tertiary/aromatic N) is 3. The van der Waals surface area contributed by atoms with Gasteiger partial charge in [-0.25, -0.2) is 0 Å². The van der Waals surface area contributed by atoms with Crippen LogP contribution in [-0.2, 0) is 17.5 Å². The first kappa shape index (κ1) is 20.1. The second-order valence-corrected chi connectivity index (χ2v) is 6.99. The number of halogens is 3. The molecule has 1 amide bonds. The summed E-state index contributed by atoms with van der Waals surface area (Å²) >= 11 is 0. The van der Waals surface area contributed by atoms with Crippen LogP contribution in [0.15, 0.2) is 24.3 Å². The lowest BCUT2D eigenvalue weighted by molar-refractivity contribution is -0.137. The molecule has 2 heterocycles. The third-order valence-corrected chi connectivity index (χ3v) is 4.82. The molecule has 9 heteroatoms. The van der Waals surface area contributed by atoms with E-state index >= 15 is 0 Å². The van der Waals surface area contributed by atoms with E-state index in [2.05, 4.69) is 15.5 Å². The van der Waals surface area contributed by atoms with Crippen molar-refractivity contribution in [2.75, 3.05) is 13.6 Å². The number of piperidine rings is 1. The molecule has 0 radical (unpaired) electrons. The molecule has 0 aliphatic carbocycles. The van der Waals surface area contributed by atoms with E-state index < -0.39 is 17.5 Å². The van der Waals surface area contributed by atoms with E-state index in [9.17, 15) is 23.1 Å². The maximum atomic E-state index is 12.9. The summed E-state index contributed by atoms with van der Waals surface area (Å²) in [5.41, 5.74) is 0.550. The second-order valence-electron chi connectivity index (χ2n) is 6.99. The summed E-state index contributed by atoms with van der Waals surface area (Å²) in [6.07, 6.45) is -3.27. The van der Waals surface area contributed by atoms with E-state index in [1.54, 1.807) is 24.1 Å². The Labute approximate surface area is 160 Å². The quantitative estimate of drug-likeness (QED) is 0.834. The Morgan fingerprint density at radius 3 is 2.61 bits per heavy atom. The first-order valence-electron chi connectivity index (χ1n) is 8.86. The Morgan fingerprint density at radius 1 is 1.29 bits per heavy atom. The predicted molar refractivity (Wildman–Crippen MR) is 96.4 cm³/mol. The van der Waals surface area contributed by atoms with Crippen LogP contribution in [0.25, 0.3) is 11.3 Å². The van der Waals surface area contributed by atoms with Crippen LogP contribution >= 0.6 is 0 Å². The van der Waals surface area contributed by atoms with Crippen LogP contribution in [0.2, 0.25) is 0 Å². The van der Waals surface area contributed by atoms with Crippen LogP contribution in [0.5, 0.6) is 5.75 Å². The lowest BCUT2D eigenvalue weighted by Crippen LogP contribution is -2.46. The Morgan fingerprint density at radius 2 is 2.04 bits per heavy atom. The number of hydrogen-bond acceptors (Lipinski definition) is 5. The fourth-order valence-electron chi connectivity index (χ4n) is 3.28. The lowest BCUT2D eigenvalue weighted by Gasteiger charge is -2.30. The third-order valence-electron chi connectivity index (χ3n) is 4.82. The number of alkyl halides is 3. The van der Waals surface area contributed by atoms with Crippen molar-refractivity contribution in [1.82, 2.24) is 20.4 Å².